The van der Waals surface area contributed by atoms with Crippen molar-refractivity contribution in [1.29, 1.82) is 0 Å². The standard InChI is InChI=1S/C13H18N2O2/c14-10-5-3-4-9(8-10)13(17)15-11-6-1-2-7-12(11)16/h3-5,8,11-12,16H,1-2,6-7,14H2,(H,15,17)/t11-,12-/m0/s1. The molecule has 1 aliphatic carbocycles. The first-order chi connectivity index (χ1) is 8.16. The molecule has 2 rings (SSSR count). The van der Waals surface area contributed by atoms with E-state index < -0.39 is 6.10 Å². The van der Waals surface area contributed by atoms with Crippen molar-refractivity contribution in [3.63, 3.8) is 0 Å². The molecule has 1 aromatic carbocycles. The van der Waals surface area contributed by atoms with Crippen molar-refractivity contribution in [3.8, 4) is 0 Å². The smallest absolute Gasteiger partial charge is 0.251 e. The van der Waals surface area contributed by atoms with Crippen LogP contribution in [0.2, 0.25) is 0 Å². The number of carbonyl (C=O) groups is 1. The number of nitrogens with two attached hydrogens (primary N) is 1. The van der Waals surface area contributed by atoms with Gasteiger partial charge in [-0.05, 0) is 31.0 Å². The third-order valence-electron chi connectivity index (χ3n) is 3.19. The van der Waals surface area contributed by atoms with E-state index in [1.54, 1.807) is 24.3 Å². The van der Waals surface area contributed by atoms with Gasteiger partial charge in [0.2, 0.25) is 0 Å². The normalized spacial score (nSPS) is 24.3. The van der Waals surface area contributed by atoms with Crippen LogP contribution in [0.15, 0.2) is 24.3 Å². The van der Waals surface area contributed by atoms with Gasteiger partial charge in [-0.25, -0.2) is 0 Å². The molecule has 17 heavy (non-hydrogen) atoms. The number of nitrogen functional groups attached to an aromatic ring is 1. The number of aliphatic hydroxyl groups excluding tert-OH is 1. The summed E-state index contributed by atoms with van der Waals surface area (Å²) in [5, 5.41) is 12.6. The molecule has 4 nitrogen and oxygen atoms in total. The largest absolute Gasteiger partial charge is 0.399 e. The molecular weight excluding hydrogens is 216 g/mol. The molecule has 1 fully saturated rings. The SMILES string of the molecule is Nc1cccc(C(=O)N[C@H]2CCCC[C@@H]2O)c1. The van der Waals surface area contributed by atoms with Gasteiger partial charge in [0.15, 0.2) is 0 Å². The Morgan fingerprint density at radius 1 is 1.35 bits per heavy atom. The minimum absolute atomic E-state index is 0.127. The lowest BCUT2D eigenvalue weighted by atomic mass is 9.92. The number of carbonyl (C=O) groups excluding carboxylic acids is 1. The van der Waals surface area contributed by atoms with Gasteiger partial charge in [-0.3, -0.25) is 4.79 Å². The van der Waals surface area contributed by atoms with Crippen LogP contribution in [-0.4, -0.2) is 23.2 Å². The topological polar surface area (TPSA) is 75.4 Å². The van der Waals surface area contributed by atoms with Gasteiger partial charge >= 0.3 is 0 Å². The molecule has 1 aliphatic rings. The van der Waals surface area contributed by atoms with Crippen LogP contribution in [0.1, 0.15) is 36.0 Å². The number of aliphatic hydroxyl groups is 1. The van der Waals surface area contributed by atoms with Gasteiger partial charge in [0, 0.05) is 11.3 Å². The highest BCUT2D eigenvalue weighted by Crippen LogP contribution is 2.19. The maximum atomic E-state index is 11.9. The maximum absolute atomic E-state index is 11.9. The lowest BCUT2D eigenvalue weighted by Gasteiger charge is -2.28. The maximum Gasteiger partial charge on any atom is 0.251 e. The van der Waals surface area contributed by atoms with E-state index in [-0.39, 0.29) is 11.9 Å². The summed E-state index contributed by atoms with van der Waals surface area (Å²) >= 11 is 0. The monoisotopic (exact) mass is 234 g/mol. The number of nitrogens with one attached hydrogen (secondary N) is 1. The third-order valence-corrected chi connectivity index (χ3v) is 3.19. The van der Waals surface area contributed by atoms with Gasteiger partial charge < -0.3 is 16.2 Å². The summed E-state index contributed by atoms with van der Waals surface area (Å²) < 4.78 is 0. The summed E-state index contributed by atoms with van der Waals surface area (Å²) in [4.78, 5) is 11.9. The van der Waals surface area contributed by atoms with E-state index in [0.717, 1.165) is 25.7 Å². The van der Waals surface area contributed by atoms with Crippen molar-refractivity contribution < 1.29 is 9.90 Å². The Hall–Kier alpha value is -1.55. The Balaban J connectivity index is 2.01. The van der Waals surface area contributed by atoms with Gasteiger partial charge in [-0.15, -0.1) is 0 Å². The fraction of sp³-hybridized carbons (Fsp3) is 0.462. The molecule has 2 atom stereocenters. The van der Waals surface area contributed by atoms with Gasteiger partial charge in [0.1, 0.15) is 0 Å². The molecule has 0 heterocycles. The van der Waals surface area contributed by atoms with E-state index in [1.165, 1.54) is 0 Å². The Labute approximate surface area is 101 Å². The molecular formula is C13H18N2O2. The van der Waals surface area contributed by atoms with E-state index in [4.69, 9.17) is 5.73 Å². The van der Waals surface area contributed by atoms with E-state index in [9.17, 15) is 9.90 Å². The Morgan fingerprint density at radius 3 is 2.82 bits per heavy atom. The van der Waals surface area contributed by atoms with Gasteiger partial charge in [0.25, 0.3) is 5.91 Å². The molecule has 0 unspecified atom stereocenters. The number of anilines is 1. The third kappa shape index (κ3) is 2.97. The second kappa shape index (κ2) is 5.19. The minimum Gasteiger partial charge on any atom is -0.399 e. The Kier molecular flexibility index (Phi) is 3.64. The van der Waals surface area contributed by atoms with Crippen molar-refractivity contribution in [2.45, 2.75) is 37.8 Å². The summed E-state index contributed by atoms with van der Waals surface area (Å²) in [5.74, 6) is -0.164. The van der Waals surface area contributed by atoms with E-state index >= 15 is 0 Å². The van der Waals surface area contributed by atoms with Crippen LogP contribution in [0.5, 0.6) is 0 Å². The highest BCUT2D eigenvalue weighted by Gasteiger charge is 2.24. The molecule has 4 N–H and O–H groups in total. The van der Waals surface area contributed by atoms with Crippen molar-refractivity contribution in [2.75, 3.05) is 5.73 Å². The molecule has 4 heteroatoms. The van der Waals surface area contributed by atoms with Crippen LogP contribution >= 0.6 is 0 Å². The van der Waals surface area contributed by atoms with Gasteiger partial charge in [0.05, 0.1) is 12.1 Å². The lowest BCUT2D eigenvalue weighted by molar-refractivity contribution is 0.0717. The number of hydrogen-bond donors (Lipinski definition) is 3. The number of benzene rings is 1. The molecule has 0 radical (unpaired) electrons. The zero-order valence-electron chi connectivity index (χ0n) is 9.73. The molecule has 1 saturated carbocycles. The summed E-state index contributed by atoms with van der Waals surface area (Å²) in [6, 6.07) is 6.73. The van der Waals surface area contributed by atoms with E-state index in [1.807, 2.05) is 0 Å². The fourth-order valence-electron chi connectivity index (χ4n) is 2.21. The molecule has 0 aromatic heterocycles. The molecule has 92 valence electrons. The van der Waals surface area contributed by atoms with E-state index in [2.05, 4.69) is 5.32 Å². The number of amides is 1. The van der Waals surface area contributed by atoms with Crippen LogP contribution in [0.3, 0.4) is 0 Å². The highest BCUT2D eigenvalue weighted by atomic mass is 16.3. The van der Waals surface area contributed by atoms with Crippen LogP contribution in [-0.2, 0) is 0 Å². The fourth-order valence-corrected chi connectivity index (χ4v) is 2.21. The molecule has 0 bridgehead atoms. The first kappa shape index (κ1) is 11.9. The van der Waals surface area contributed by atoms with Crippen LogP contribution in [0.4, 0.5) is 5.69 Å². The van der Waals surface area contributed by atoms with Gasteiger partial charge in [-0.1, -0.05) is 18.9 Å². The first-order valence-electron chi connectivity index (χ1n) is 6.01. The van der Waals surface area contributed by atoms with Crippen LogP contribution in [0, 0.1) is 0 Å². The number of rotatable bonds is 2. The average molecular weight is 234 g/mol. The van der Waals surface area contributed by atoms with Crippen molar-refractivity contribution >= 4 is 11.6 Å². The molecule has 1 aromatic rings. The first-order valence-corrected chi connectivity index (χ1v) is 6.01. The molecule has 0 spiro atoms. The molecule has 0 aliphatic heterocycles. The van der Waals surface area contributed by atoms with Crippen molar-refractivity contribution in [2.24, 2.45) is 0 Å². The van der Waals surface area contributed by atoms with E-state index in [0.29, 0.717) is 11.3 Å². The molecule has 1 amide bonds. The summed E-state index contributed by atoms with van der Waals surface area (Å²) in [5.41, 5.74) is 6.74. The second-order valence-electron chi connectivity index (χ2n) is 4.56. The van der Waals surface area contributed by atoms with Crippen LogP contribution < -0.4 is 11.1 Å². The Bertz CT molecular complexity index is 406. The summed E-state index contributed by atoms with van der Waals surface area (Å²) in [6.45, 7) is 0. The number of hydrogen-bond acceptors (Lipinski definition) is 3. The highest BCUT2D eigenvalue weighted by molar-refractivity contribution is 5.95. The zero-order chi connectivity index (χ0) is 12.3. The Morgan fingerprint density at radius 2 is 2.12 bits per heavy atom. The quantitative estimate of drug-likeness (QED) is 0.675. The minimum atomic E-state index is -0.422. The second-order valence-corrected chi connectivity index (χ2v) is 4.56. The van der Waals surface area contributed by atoms with Crippen LogP contribution in [0.25, 0.3) is 0 Å². The lowest BCUT2D eigenvalue weighted by Crippen LogP contribution is -2.45. The molecule has 0 saturated heterocycles. The zero-order valence-corrected chi connectivity index (χ0v) is 9.73. The predicted octanol–water partition coefficient (Wildman–Crippen LogP) is 1.30. The predicted molar refractivity (Wildman–Crippen MR) is 66.6 cm³/mol. The summed E-state index contributed by atoms with van der Waals surface area (Å²) in [6.07, 6.45) is 3.27. The average Bonchev–Trinajstić information content (AvgIpc) is 2.32. The van der Waals surface area contributed by atoms with Crippen molar-refractivity contribution in [3.05, 3.63) is 29.8 Å². The van der Waals surface area contributed by atoms with Gasteiger partial charge in [-0.2, -0.15) is 0 Å². The van der Waals surface area contributed by atoms with Crippen molar-refractivity contribution in [1.82, 2.24) is 5.32 Å². The summed E-state index contributed by atoms with van der Waals surface area (Å²) in [7, 11) is 0.